The molecular weight excluding hydrogens is 583 g/mol. The largest absolute Gasteiger partial charge is 0.473 e. The molecule has 1 saturated heterocycles. The molecule has 1 aliphatic heterocycles. The van der Waals surface area contributed by atoms with E-state index in [-0.39, 0.29) is 18.1 Å². The number of hydrogen-bond donors (Lipinski definition) is 1. The predicted molar refractivity (Wildman–Crippen MR) is 168 cm³/mol. The number of aliphatic hydroxyl groups is 1. The summed E-state index contributed by atoms with van der Waals surface area (Å²) in [6.45, 7) is 8.90. The van der Waals surface area contributed by atoms with Crippen LogP contribution in [-0.4, -0.2) is 66.2 Å². The fourth-order valence-electron chi connectivity index (χ4n) is 5.33. The van der Waals surface area contributed by atoms with Gasteiger partial charge in [-0.15, -0.1) is 11.6 Å². The Morgan fingerprint density at radius 1 is 1.25 bits per heavy atom. The lowest BCUT2D eigenvalue weighted by molar-refractivity contribution is 0.0600. The number of alkyl halides is 1. The number of carbonyl (C=O) groups excluding carboxylic acids is 1. The van der Waals surface area contributed by atoms with E-state index in [0.717, 1.165) is 48.6 Å². The fraction of sp³-hybridized carbons (Fsp3) is 0.382. The van der Waals surface area contributed by atoms with Gasteiger partial charge in [-0.05, 0) is 75.2 Å². The first kappa shape index (κ1) is 32.9. The van der Waals surface area contributed by atoms with Gasteiger partial charge in [0.15, 0.2) is 0 Å². The number of methoxy groups -OCH3 is 1. The van der Waals surface area contributed by atoms with Crippen LogP contribution in [0.1, 0.15) is 57.9 Å². The number of aromatic nitrogens is 1. The van der Waals surface area contributed by atoms with Crippen molar-refractivity contribution >= 4 is 23.3 Å². The highest BCUT2D eigenvalue weighted by atomic mass is 35.5. The zero-order chi connectivity index (χ0) is 31.6. The minimum absolute atomic E-state index is 0.0205. The maximum Gasteiger partial charge on any atom is 0.337 e. The number of anilines is 1. The topological polar surface area (TPSA) is 98.9 Å². The Labute approximate surface area is 263 Å². The summed E-state index contributed by atoms with van der Waals surface area (Å²) < 4.78 is 25.0. The zero-order valence-electron chi connectivity index (χ0n) is 25.1. The third-order valence-electron chi connectivity index (χ3n) is 7.85. The van der Waals surface area contributed by atoms with Gasteiger partial charge >= 0.3 is 5.97 Å². The molecule has 1 fully saturated rings. The molecule has 1 N–H and O–H groups in total. The molecule has 4 rings (SSSR count). The Hall–Kier alpha value is -3.97. The van der Waals surface area contributed by atoms with Gasteiger partial charge in [0.25, 0.3) is 0 Å². The highest BCUT2D eigenvalue weighted by Crippen LogP contribution is 2.30. The highest BCUT2D eigenvalue weighted by molar-refractivity contribution is 6.17. The van der Waals surface area contributed by atoms with Gasteiger partial charge in [0.1, 0.15) is 12.4 Å². The monoisotopic (exact) mass is 620 g/mol. The van der Waals surface area contributed by atoms with Crippen molar-refractivity contribution in [3.05, 3.63) is 101 Å². The van der Waals surface area contributed by atoms with Crippen molar-refractivity contribution < 1.29 is 23.8 Å². The molecule has 0 aliphatic carbocycles. The number of pyridine rings is 1. The number of halogens is 2. The summed E-state index contributed by atoms with van der Waals surface area (Å²) in [4.78, 5) is 21.2. The van der Waals surface area contributed by atoms with Crippen molar-refractivity contribution in [2.45, 2.75) is 44.8 Å². The van der Waals surface area contributed by atoms with Crippen LogP contribution >= 0.6 is 11.6 Å². The number of ether oxygens (including phenoxy) is 2. The van der Waals surface area contributed by atoms with Crippen molar-refractivity contribution in [1.29, 1.82) is 5.26 Å². The van der Waals surface area contributed by atoms with E-state index >= 15 is 0 Å². The van der Waals surface area contributed by atoms with Gasteiger partial charge in [-0.1, -0.05) is 24.8 Å². The van der Waals surface area contributed by atoms with E-state index in [1.54, 1.807) is 30.3 Å². The first-order chi connectivity index (χ1) is 21.2. The van der Waals surface area contributed by atoms with Crippen molar-refractivity contribution in [3.63, 3.8) is 0 Å². The molecule has 10 heteroatoms. The number of nitriles is 1. The highest BCUT2D eigenvalue weighted by Gasteiger charge is 2.25. The smallest absolute Gasteiger partial charge is 0.337 e. The van der Waals surface area contributed by atoms with Crippen molar-refractivity contribution in [3.8, 4) is 11.9 Å². The Morgan fingerprint density at radius 2 is 2.02 bits per heavy atom. The molecule has 0 saturated carbocycles. The van der Waals surface area contributed by atoms with E-state index in [1.165, 1.54) is 13.2 Å². The number of esters is 1. The average molecular weight is 621 g/mol. The number of hydrogen-bond acceptors (Lipinski definition) is 8. The van der Waals surface area contributed by atoms with Crippen LogP contribution in [0.15, 0.2) is 66.9 Å². The SMILES string of the molecule is C=C(CN1CCC(c2cccc(OCc3ccc(C#N)cc3F)n2)CC1)N(CC(O)CCCl)c1cc(C(=O)OC)ccc1C. The van der Waals surface area contributed by atoms with E-state index in [4.69, 9.17) is 31.3 Å². The molecule has 0 spiro atoms. The average Bonchev–Trinajstić information content (AvgIpc) is 3.03. The summed E-state index contributed by atoms with van der Waals surface area (Å²) in [5.74, 6) is 0.105. The van der Waals surface area contributed by atoms with Crippen LogP contribution in [0.2, 0.25) is 0 Å². The van der Waals surface area contributed by atoms with Crippen LogP contribution in [0, 0.1) is 24.1 Å². The van der Waals surface area contributed by atoms with Crippen LogP contribution in [0.5, 0.6) is 5.88 Å². The lowest BCUT2D eigenvalue weighted by Crippen LogP contribution is -2.40. The second-order valence-corrected chi connectivity index (χ2v) is 11.3. The standard InChI is InChI=1S/C34H38ClFN4O4/c1-23-7-9-27(34(42)43-3)18-32(23)40(21-29(41)11-14-35)24(2)20-39-15-12-26(13-16-39)31-5-4-6-33(38-31)44-22-28-10-8-25(19-37)17-30(28)36/h4-10,17-18,26,29,41H,2,11-16,20-22H2,1,3H3. The maximum absolute atomic E-state index is 14.3. The first-order valence-electron chi connectivity index (χ1n) is 14.6. The summed E-state index contributed by atoms with van der Waals surface area (Å²) in [7, 11) is 1.35. The molecule has 2 heterocycles. The van der Waals surface area contributed by atoms with Gasteiger partial charge in [-0.25, -0.2) is 14.2 Å². The van der Waals surface area contributed by atoms with Crippen LogP contribution in [0.3, 0.4) is 0 Å². The molecule has 1 unspecified atom stereocenters. The third-order valence-corrected chi connectivity index (χ3v) is 8.07. The van der Waals surface area contributed by atoms with Gasteiger partial charge in [0.05, 0.1) is 30.4 Å². The second kappa shape index (κ2) is 15.7. The Bertz CT molecular complexity index is 1500. The minimum atomic E-state index is -0.662. The number of benzene rings is 2. The molecule has 44 heavy (non-hydrogen) atoms. The quantitative estimate of drug-likeness (QED) is 0.185. The number of carbonyl (C=O) groups is 1. The van der Waals surface area contributed by atoms with E-state index in [1.807, 2.05) is 36.1 Å². The summed E-state index contributed by atoms with van der Waals surface area (Å²) in [5, 5.41) is 19.6. The normalized spacial score (nSPS) is 14.5. The summed E-state index contributed by atoms with van der Waals surface area (Å²) in [6, 6.07) is 17.3. The molecule has 1 atom stereocenters. The molecule has 2 aromatic carbocycles. The van der Waals surface area contributed by atoms with E-state index < -0.39 is 17.9 Å². The first-order valence-corrected chi connectivity index (χ1v) is 15.1. The molecule has 1 aromatic heterocycles. The number of aliphatic hydroxyl groups excluding tert-OH is 1. The van der Waals surface area contributed by atoms with E-state index in [9.17, 15) is 14.3 Å². The van der Waals surface area contributed by atoms with Gasteiger partial charge in [0.2, 0.25) is 5.88 Å². The minimum Gasteiger partial charge on any atom is -0.473 e. The lowest BCUT2D eigenvalue weighted by atomic mass is 9.93. The molecular formula is C34H38ClFN4O4. The zero-order valence-corrected chi connectivity index (χ0v) is 25.9. The van der Waals surface area contributed by atoms with Gasteiger partial charge < -0.3 is 19.5 Å². The van der Waals surface area contributed by atoms with Crippen molar-refractivity contribution in [2.75, 3.05) is 44.1 Å². The molecule has 1 aliphatic rings. The third kappa shape index (κ3) is 8.56. The van der Waals surface area contributed by atoms with Gasteiger partial charge in [-0.2, -0.15) is 5.26 Å². The maximum atomic E-state index is 14.3. The molecule has 232 valence electrons. The summed E-state index contributed by atoms with van der Waals surface area (Å²) in [5.41, 5.74) is 4.54. The molecule has 0 bridgehead atoms. The van der Waals surface area contributed by atoms with Crippen LogP contribution in [0.4, 0.5) is 10.1 Å². The molecule has 3 aromatic rings. The second-order valence-electron chi connectivity index (χ2n) is 11.0. The summed E-state index contributed by atoms with van der Waals surface area (Å²) >= 11 is 5.91. The lowest BCUT2D eigenvalue weighted by Gasteiger charge is -2.36. The molecule has 0 radical (unpaired) electrons. The summed E-state index contributed by atoms with van der Waals surface area (Å²) in [6.07, 6.45) is 1.55. The van der Waals surface area contributed by atoms with Crippen molar-refractivity contribution in [1.82, 2.24) is 9.88 Å². The number of nitrogens with zero attached hydrogens (tertiary/aromatic N) is 4. The number of aryl methyl sites for hydroxylation is 1. The van der Waals surface area contributed by atoms with Crippen molar-refractivity contribution in [2.24, 2.45) is 0 Å². The number of piperidine rings is 1. The van der Waals surface area contributed by atoms with Crippen LogP contribution < -0.4 is 9.64 Å². The van der Waals surface area contributed by atoms with E-state index in [0.29, 0.717) is 42.4 Å². The fourth-order valence-corrected chi connectivity index (χ4v) is 5.58. The predicted octanol–water partition coefficient (Wildman–Crippen LogP) is 5.96. The molecule has 0 amide bonds. The Kier molecular flexibility index (Phi) is 11.7. The number of rotatable bonds is 13. The van der Waals surface area contributed by atoms with Gasteiger partial charge in [0, 0.05) is 53.6 Å². The Balaban J connectivity index is 1.39. The Morgan fingerprint density at radius 3 is 2.70 bits per heavy atom. The van der Waals surface area contributed by atoms with Gasteiger partial charge in [-0.3, -0.25) is 4.90 Å². The van der Waals surface area contributed by atoms with Crippen LogP contribution in [0.25, 0.3) is 0 Å². The number of likely N-dealkylation sites (tertiary alicyclic amines) is 1. The van der Waals surface area contributed by atoms with E-state index in [2.05, 4.69) is 11.5 Å². The molecule has 8 nitrogen and oxygen atoms in total. The van der Waals surface area contributed by atoms with Crippen LogP contribution in [-0.2, 0) is 11.3 Å².